The predicted octanol–water partition coefficient (Wildman–Crippen LogP) is 1.98. The van der Waals surface area contributed by atoms with Gasteiger partial charge in [-0.15, -0.1) is 12.4 Å². The fourth-order valence-electron chi connectivity index (χ4n) is 2.15. The van der Waals surface area contributed by atoms with Crippen LogP contribution in [-0.2, 0) is 6.42 Å². The zero-order valence-corrected chi connectivity index (χ0v) is 11.3. The highest BCUT2D eigenvalue weighted by molar-refractivity contribution is 5.85. The minimum Gasteiger partial charge on any atom is -0.399 e. The molecule has 1 aliphatic carbocycles. The third-order valence-corrected chi connectivity index (χ3v) is 3.43. The first-order valence-electron chi connectivity index (χ1n) is 5.80. The maximum Gasteiger partial charge on any atom is 0.0446 e. The standard InChI is InChI=1S/C14H19N3.ClH/c1-10-8-12(15)6-7-14(10,17)9-11-4-2-3-5-13(11)16;/h2-8,10H,9,15-17H2,1H3;1H. The Balaban J connectivity index is 0.00000162. The maximum absolute atomic E-state index is 6.42. The number of nitrogen functional groups attached to an aromatic ring is 1. The van der Waals surface area contributed by atoms with Crippen molar-refractivity contribution in [2.75, 3.05) is 5.73 Å². The Bertz CT molecular complexity index is 482. The number of rotatable bonds is 2. The van der Waals surface area contributed by atoms with Crippen LogP contribution >= 0.6 is 12.4 Å². The lowest BCUT2D eigenvalue weighted by molar-refractivity contribution is 0.411. The fourth-order valence-corrected chi connectivity index (χ4v) is 2.15. The summed E-state index contributed by atoms with van der Waals surface area (Å²) in [6.45, 7) is 2.08. The van der Waals surface area contributed by atoms with Crippen LogP contribution < -0.4 is 17.2 Å². The second-order valence-electron chi connectivity index (χ2n) is 4.78. The molecule has 0 bridgehead atoms. The maximum atomic E-state index is 6.42. The molecule has 0 saturated carbocycles. The summed E-state index contributed by atoms with van der Waals surface area (Å²) in [5.74, 6) is 0.201. The van der Waals surface area contributed by atoms with Crippen molar-refractivity contribution in [2.24, 2.45) is 17.4 Å². The Morgan fingerprint density at radius 1 is 1.22 bits per heavy atom. The first-order chi connectivity index (χ1) is 8.01. The van der Waals surface area contributed by atoms with Gasteiger partial charge in [0.05, 0.1) is 0 Å². The summed E-state index contributed by atoms with van der Waals surface area (Å²) in [6, 6.07) is 7.84. The van der Waals surface area contributed by atoms with Crippen LogP contribution in [0.5, 0.6) is 0 Å². The van der Waals surface area contributed by atoms with Crippen molar-refractivity contribution in [3.63, 3.8) is 0 Å². The van der Waals surface area contributed by atoms with Crippen LogP contribution in [0.4, 0.5) is 5.69 Å². The molecule has 3 nitrogen and oxygen atoms in total. The third-order valence-electron chi connectivity index (χ3n) is 3.43. The molecule has 98 valence electrons. The summed E-state index contributed by atoms with van der Waals surface area (Å²) in [5.41, 5.74) is 20.4. The van der Waals surface area contributed by atoms with Gasteiger partial charge in [0.2, 0.25) is 0 Å². The molecule has 0 spiro atoms. The van der Waals surface area contributed by atoms with E-state index < -0.39 is 5.54 Å². The van der Waals surface area contributed by atoms with E-state index >= 15 is 0 Å². The number of nitrogens with two attached hydrogens (primary N) is 3. The molecule has 1 aromatic rings. The monoisotopic (exact) mass is 265 g/mol. The van der Waals surface area contributed by atoms with Crippen molar-refractivity contribution in [1.29, 1.82) is 0 Å². The molecule has 4 heteroatoms. The lowest BCUT2D eigenvalue weighted by Crippen LogP contribution is -2.47. The van der Waals surface area contributed by atoms with Crippen molar-refractivity contribution in [3.8, 4) is 0 Å². The van der Waals surface area contributed by atoms with E-state index in [1.807, 2.05) is 42.5 Å². The third kappa shape index (κ3) is 2.86. The van der Waals surface area contributed by atoms with Crippen molar-refractivity contribution in [1.82, 2.24) is 0 Å². The summed E-state index contributed by atoms with van der Waals surface area (Å²) in [6.07, 6.45) is 6.58. The zero-order chi connectivity index (χ0) is 12.5. The molecule has 2 unspecified atom stereocenters. The largest absolute Gasteiger partial charge is 0.399 e. The van der Waals surface area contributed by atoms with Gasteiger partial charge in [-0.1, -0.05) is 37.3 Å². The molecular weight excluding hydrogens is 246 g/mol. The van der Waals surface area contributed by atoms with Crippen LogP contribution in [0.3, 0.4) is 0 Å². The number of allylic oxidation sites excluding steroid dienone is 1. The van der Waals surface area contributed by atoms with Gasteiger partial charge in [0.1, 0.15) is 0 Å². The number of hydrogen-bond donors (Lipinski definition) is 3. The van der Waals surface area contributed by atoms with Crippen LogP contribution in [0, 0.1) is 5.92 Å². The van der Waals surface area contributed by atoms with Crippen LogP contribution in [0.1, 0.15) is 12.5 Å². The van der Waals surface area contributed by atoms with Gasteiger partial charge in [0.25, 0.3) is 0 Å². The van der Waals surface area contributed by atoms with Crippen molar-refractivity contribution >= 4 is 18.1 Å². The zero-order valence-electron chi connectivity index (χ0n) is 10.5. The molecule has 6 N–H and O–H groups in total. The number of halogens is 1. The average molecular weight is 266 g/mol. The number of para-hydroxylation sites is 1. The summed E-state index contributed by atoms with van der Waals surface area (Å²) in [7, 11) is 0. The SMILES string of the molecule is CC1C=C(N)C=CC1(N)Cc1ccccc1N.Cl. The molecule has 2 atom stereocenters. The molecule has 0 heterocycles. The molecule has 1 aromatic carbocycles. The molecule has 0 saturated heterocycles. The Morgan fingerprint density at radius 2 is 1.89 bits per heavy atom. The van der Waals surface area contributed by atoms with Gasteiger partial charge < -0.3 is 17.2 Å². The minimum absolute atomic E-state index is 0. The molecule has 0 aromatic heterocycles. The van der Waals surface area contributed by atoms with Crippen LogP contribution in [-0.4, -0.2) is 5.54 Å². The molecule has 0 aliphatic heterocycles. The number of benzene rings is 1. The second kappa shape index (κ2) is 5.46. The molecule has 0 fully saturated rings. The van der Waals surface area contributed by atoms with E-state index in [1.165, 1.54) is 0 Å². The molecule has 2 rings (SSSR count). The normalized spacial score (nSPS) is 26.3. The minimum atomic E-state index is -0.404. The van der Waals surface area contributed by atoms with Gasteiger partial charge in [-0.05, 0) is 30.0 Å². The summed E-state index contributed by atoms with van der Waals surface area (Å²) < 4.78 is 0. The van der Waals surface area contributed by atoms with Gasteiger partial charge in [-0.3, -0.25) is 0 Å². The topological polar surface area (TPSA) is 78.1 Å². The van der Waals surface area contributed by atoms with E-state index in [9.17, 15) is 0 Å². The van der Waals surface area contributed by atoms with Crippen molar-refractivity contribution in [3.05, 3.63) is 53.8 Å². The number of anilines is 1. The summed E-state index contributed by atoms with van der Waals surface area (Å²) in [4.78, 5) is 0. The Morgan fingerprint density at radius 3 is 2.50 bits per heavy atom. The summed E-state index contributed by atoms with van der Waals surface area (Å²) >= 11 is 0. The highest BCUT2D eigenvalue weighted by Crippen LogP contribution is 2.28. The first kappa shape index (κ1) is 14.6. The van der Waals surface area contributed by atoms with Crippen LogP contribution in [0.15, 0.2) is 48.2 Å². The van der Waals surface area contributed by atoms with Gasteiger partial charge >= 0.3 is 0 Å². The van der Waals surface area contributed by atoms with Gasteiger partial charge in [-0.25, -0.2) is 0 Å². The van der Waals surface area contributed by atoms with Crippen molar-refractivity contribution in [2.45, 2.75) is 18.9 Å². The van der Waals surface area contributed by atoms with Crippen molar-refractivity contribution < 1.29 is 0 Å². The lowest BCUT2D eigenvalue weighted by Gasteiger charge is -2.34. The number of hydrogen-bond acceptors (Lipinski definition) is 3. The van der Waals surface area contributed by atoms with E-state index in [4.69, 9.17) is 17.2 Å². The highest BCUT2D eigenvalue weighted by atomic mass is 35.5. The quantitative estimate of drug-likeness (QED) is 0.716. The smallest absolute Gasteiger partial charge is 0.0446 e. The van der Waals surface area contributed by atoms with Gasteiger partial charge in [0, 0.05) is 16.9 Å². The molecular formula is C14H20ClN3. The van der Waals surface area contributed by atoms with E-state index in [1.54, 1.807) is 0 Å². The molecule has 0 amide bonds. The predicted molar refractivity (Wildman–Crippen MR) is 79.3 cm³/mol. The molecule has 0 radical (unpaired) electrons. The summed E-state index contributed by atoms with van der Waals surface area (Å²) in [5, 5.41) is 0. The Kier molecular flexibility index (Phi) is 4.43. The average Bonchev–Trinajstić information content (AvgIpc) is 2.28. The second-order valence-corrected chi connectivity index (χ2v) is 4.78. The van der Waals surface area contributed by atoms with E-state index in [0.29, 0.717) is 0 Å². The Hall–Kier alpha value is -1.45. The van der Waals surface area contributed by atoms with Gasteiger partial charge in [-0.2, -0.15) is 0 Å². The van der Waals surface area contributed by atoms with Crippen LogP contribution in [0.2, 0.25) is 0 Å². The molecule has 1 aliphatic rings. The van der Waals surface area contributed by atoms with E-state index in [-0.39, 0.29) is 18.3 Å². The fraction of sp³-hybridized carbons (Fsp3) is 0.286. The molecule has 18 heavy (non-hydrogen) atoms. The van der Waals surface area contributed by atoms with Gasteiger partial charge in [0.15, 0.2) is 0 Å². The lowest BCUT2D eigenvalue weighted by atomic mass is 9.77. The Labute approximate surface area is 114 Å². The van der Waals surface area contributed by atoms with E-state index in [0.717, 1.165) is 23.4 Å². The van der Waals surface area contributed by atoms with Crippen LogP contribution in [0.25, 0.3) is 0 Å². The highest BCUT2D eigenvalue weighted by Gasteiger charge is 2.30. The van der Waals surface area contributed by atoms with E-state index in [2.05, 4.69) is 6.92 Å². The first-order valence-corrected chi connectivity index (χ1v) is 5.80.